The summed E-state index contributed by atoms with van der Waals surface area (Å²) in [5.41, 5.74) is 0.722. The lowest BCUT2D eigenvalue weighted by Gasteiger charge is -2.24. The van der Waals surface area contributed by atoms with Crippen LogP contribution in [0.3, 0.4) is 0 Å². The molecule has 0 bridgehead atoms. The molecule has 0 unspecified atom stereocenters. The second-order valence-electron chi connectivity index (χ2n) is 5.29. The van der Waals surface area contributed by atoms with E-state index in [1.165, 1.54) is 13.0 Å². The fourth-order valence-electron chi connectivity index (χ4n) is 1.86. The molecular formula is C17H24N2O3. The van der Waals surface area contributed by atoms with Gasteiger partial charge in [0.05, 0.1) is 5.60 Å². The van der Waals surface area contributed by atoms with Crippen molar-refractivity contribution in [1.29, 1.82) is 0 Å². The molecular weight excluding hydrogens is 280 g/mol. The van der Waals surface area contributed by atoms with Gasteiger partial charge in [0.15, 0.2) is 0 Å². The van der Waals surface area contributed by atoms with Gasteiger partial charge >= 0.3 is 0 Å². The van der Waals surface area contributed by atoms with E-state index >= 15 is 0 Å². The standard InChI is InChI=1S/C17H24N2O3/c1-4-17(22,5-2)12-18-16(21)11-8-14-6-9-15(10-7-14)19-13(3)20/h6-11,22H,4-5,12H2,1-3H3,(H,18,21)(H,19,20). The van der Waals surface area contributed by atoms with Crippen molar-refractivity contribution in [2.45, 2.75) is 39.2 Å². The minimum Gasteiger partial charge on any atom is -0.388 e. The van der Waals surface area contributed by atoms with Crippen LogP contribution in [0.4, 0.5) is 5.69 Å². The SMILES string of the molecule is CCC(O)(CC)CNC(=O)C=Cc1ccc(NC(C)=O)cc1. The first-order chi connectivity index (χ1) is 10.4. The molecule has 0 aliphatic heterocycles. The van der Waals surface area contributed by atoms with Crippen LogP contribution in [0.15, 0.2) is 30.3 Å². The lowest BCUT2D eigenvalue weighted by atomic mass is 9.98. The summed E-state index contributed by atoms with van der Waals surface area (Å²) < 4.78 is 0. The molecule has 1 rings (SSSR count). The van der Waals surface area contributed by atoms with E-state index in [-0.39, 0.29) is 18.4 Å². The molecule has 1 aromatic rings. The lowest BCUT2D eigenvalue weighted by Crippen LogP contribution is -2.41. The van der Waals surface area contributed by atoms with E-state index in [2.05, 4.69) is 10.6 Å². The Morgan fingerprint density at radius 2 is 1.77 bits per heavy atom. The second kappa shape index (κ2) is 8.34. The lowest BCUT2D eigenvalue weighted by molar-refractivity contribution is -0.117. The Morgan fingerprint density at radius 3 is 2.27 bits per heavy atom. The Morgan fingerprint density at radius 1 is 1.18 bits per heavy atom. The highest BCUT2D eigenvalue weighted by Gasteiger charge is 2.22. The number of carbonyl (C=O) groups excluding carboxylic acids is 2. The number of benzene rings is 1. The van der Waals surface area contributed by atoms with Gasteiger partial charge in [0.25, 0.3) is 0 Å². The molecule has 0 saturated carbocycles. The van der Waals surface area contributed by atoms with Gasteiger partial charge in [-0.1, -0.05) is 26.0 Å². The molecule has 0 aliphatic rings. The fraction of sp³-hybridized carbons (Fsp3) is 0.412. The molecule has 2 amide bonds. The third-order valence-electron chi connectivity index (χ3n) is 3.57. The summed E-state index contributed by atoms with van der Waals surface area (Å²) in [5.74, 6) is -0.367. The molecule has 22 heavy (non-hydrogen) atoms. The monoisotopic (exact) mass is 304 g/mol. The summed E-state index contributed by atoms with van der Waals surface area (Å²) in [6, 6.07) is 7.16. The van der Waals surface area contributed by atoms with Gasteiger partial charge in [-0.3, -0.25) is 9.59 Å². The molecule has 0 radical (unpaired) electrons. The third-order valence-corrected chi connectivity index (χ3v) is 3.57. The van der Waals surface area contributed by atoms with E-state index < -0.39 is 5.60 Å². The number of hydrogen-bond donors (Lipinski definition) is 3. The fourth-order valence-corrected chi connectivity index (χ4v) is 1.86. The van der Waals surface area contributed by atoms with Crippen LogP contribution in [0, 0.1) is 0 Å². The Balaban J connectivity index is 2.53. The quantitative estimate of drug-likeness (QED) is 0.676. The molecule has 120 valence electrons. The van der Waals surface area contributed by atoms with Gasteiger partial charge in [-0.15, -0.1) is 0 Å². The first kappa shape index (κ1) is 17.9. The van der Waals surface area contributed by atoms with Crippen LogP contribution < -0.4 is 10.6 Å². The first-order valence-electron chi connectivity index (χ1n) is 7.44. The van der Waals surface area contributed by atoms with Gasteiger partial charge in [-0.25, -0.2) is 0 Å². The van der Waals surface area contributed by atoms with Gasteiger partial charge in [-0.2, -0.15) is 0 Å². The van der Waals surface area contributed by atoms with E-state index in [0.29, 0.717) is 18.5 Å². The van der Waals surface area contributed by atoms with Crippen molar-refractivity contribution in [3.63, 3.8) is 0 Å². The minimum absolute atomic E-state index is 0.123. The smallest absolute Gasteiger partial charge is 0.244 e. The maximum Gasteiger partial charge on any atom is 0.244 e. The van der Waals surface area contributed by atoms with Crippen molar-refractivity contribution >= 4 is 23.6 Å². The number of amides is 2. The molecule has 0 spiro atoms. The summed E-state index contributed by atoms with van der Waals surface area (Å²) in [7, 11) is 0. The number of hydrogen-bond acceptors (Lipinski definition) is 3. The van der Waals surface area contributed by atoms with Crippen molar-refractivity contribution in [3.05, 3.63) is 35.9 Å². The van der Waals surface area contributed by atoms with Crippen molar-refractivity contribution in [2.24, 2.45) is 0 Å². The van der Waals surface area contributed by atoms with E-state index in [9.17, 15) is 14.7 Å². The van der Waals surface area contributed by atoms with Crippen molar-refractivity contribution in [2.75, 3.05) is 11.9 Å². The predicted molar refractivity (Wildman–Crippen MR) is 88.3 cm³/mol. The molecule has 0 heterocycles. The maximum absolute atomic E-state index is 11.7. The highest BCUT2D eigenvalue weighted by molar-refractivity contribution is 5.92. The normalized spacial score (nSPS) is 11.5. The Hall–Kier alpha value is -2.14. The highest BCUT2D eigenvalue weighted by atomic mass is 16.3. The van der Waals surface area contributed by atoms with Crippen molar-refractivity contribution in [3.8, 4) is 0 Å². The van der Waals surface area contributed by atoms with Gasteiger partial charge < -0.3 is 15.7 Å². The number of aliphatic hydroxyl groups is 1. The average molecular weight is 304 g/mol. The number of carbonyl (C=O) groups is 2. The summed E-state index contributed by atoms with van der Waals surface area (Å²) in [4.78, 5) is 22.7. The Labute approximate surface area is 131 Å². The molecule has 3 N–H and O–H groups in total. The number of rotatable bonds is 7. The van der Waals surface area contributed by atoms with Crippen molar-refractivity contribution < 1.29 is 14.7 Å². The zero-order valence-corrected chi connectivity index (χ0v) is 13.3. The predicted octanol–water partition coefficient (Wildman–Crippen LogP) is 2.33. The van der Waals surface area contributed by atoms with Crippen molar-refractivity contribution in [1.82, 2.24) is 5.32 Å². The van der Waals surface area contributed by atoms with E-state index in [0.717, 1.165) is 5.56 Å². The van der Waals surface area contributed by atoms with Crippen LogP contribution in [-0.2, 0) is 9.59 Å². The average Bonchev–Trinajstić information content (AvgIpc) is 2.51. The first-order valence-corrected chi connectivity index (χ1v) is 7.44. The Kier molecular flexibility index (Phi) is 6.79. The maximum atomic E-state index is 11.7. The summed E-state index contributed by atoms with van der Waals surface area (Å²) in [5, 5.41) is 15.5. The Bertz CT molecular complexity index is 531. The van der Waals surface area contributed by atoms with Gasteiger partial charge in [0.1, 0.15) is 0 Å². The second-order valence-corrected chi connectivity index (χ2v) is 5.29. The van der Waals surface area contributed by atoms with Gasteiger partial charge in [0, 0.05) is 25.2 Å². The number of anilines is 1. The molecule has 0 atom stereocenters. The minimum atomic E-state index is -0.844. The zero-order chi connectivity index (χ0) is 16.6. The van der Waals surface area contributed by atoms with E-state index in [4.69, 9.17) is 0 Å². The van der Waals surface area contributed by atoms with E-state index in [1.54, 1.807) is 18.2 Å². The zero-order valence-electron chi connectivity index (χ0n) is 13.3. The topological polar surface area (TPSA) is 78.4 Å². The van der Waals surface area contributed by atoms with Crippen LogP contribution in [-0.4, -0.2) is 29.1 Å². The van der Waals surface area contributed by atoms with Gasteiger partial charge in [0.2, 0.25) is 11.8 Å². The molecule has 5 nitrogen and oxygen atoms in total. The van der Waals surface area contributed by atoms with Gasteiger partial charge in [-0.05, 0) is 36.6 Å². The van der Waals surface area contributed by atoms with Crippen LogP contribution in [0.1, 0.15) is 39.2 Å². The van der Waals surface area contributed by atoms with Crippen LogP contribution in [0.25, 0.3) is 6.08 Å². The third kappa shape index (κ3) is 6.10. The molecule has 1 aromatic carbocycles. The molecule has 0 aromatic heterocycles. The van der Waals surface area contributed by atoms with Crippen LogP contribution in [0.2, 0.25) is 0 Å². The highest BCUT2D eigenvalue weighted by Crippen LogP contribution is 2.13. The van der Waals surface area contributed by atoms with Crippen LogP contribution in [0.5, 0.6) is 0 Å². The molecule has 0 aliphatic carbocycles. The number of nitrogens with one attached hydrogen (secondary N) is 2. The summed E-state index contributed by atoms with van der Waals surface area (Å²) >= 11 is 0. The largest absolute Gasteiger partial charge is 0.388 e. The molecule has 0 saturated heterocycles. The summed E-state index contributed by atoms with van der Waals surface area (Å²) in [6.07, 6.45) is 4.30. The molecule has 5 heteroatoms. The molecule has 0 fully saturated rings. The van der Waals surface area contributed by atoms with Crippen LogP contribution >= 0.6 is 0 Å². The summed E-state index contributed by atoms with van der Waals surface area (Å²) in [6.45, 7) is 5.47. The van der Waals surface area contributed by atoms with E-state index in [1.807, 2.05) is 26.0 Å².